The molecule has 0 N–H and O–H groups in total. The van der Waals surface area contributed by atoms with E-state index in [-0.39, 0.29) is 23.4 Å². The molecule has 0 saturated heterocycles. The molecule has 0 saturated carbocycles. The number of thiophene rings is 1. The van der Waals surface area contributed by atoms with Gasteiger partial charge in [-0.1, -0.05) is 19.9 Å². The zero-order chi connectivity index (χ0) is 23.2. The summed E-state index contributed by atoms with van der Waals surface area (Å²) in [6, 6.07) is 9.08. The summed E-state index contributed by atoms with van der Waals surface area (Å²) in [5.74, 6) is 1.84. The van der Waals surface area contributed by atoms with Gasteiger partial charge in [-0.05, 0) is 85.9 Å². The lowest BCUT2D eigenvalue weighted by Crippen LogP contribution is -2.46. The van der Waals surface area contributed by atoms with Gasteiger partial charge >= 0.3 is 0 Å². The number of ether oxygens (including phenoxy) is 1. The van der Waals surface area contributed by atoms with E-state index in [0.717, 1.165) is 30.8 Å². The van der Waals surface area contributed by atoms with E-state index in [0.29, 0.717) is 5.92 Å². The quantitative estimate of drug-likeness (QED) is 0.575. The normalized spacial score (nSPS) is 20.1. The number of amides is 1. The van der Waals surface area contributed by atoms with Gasteiger partial charge in [0.15, 0.2) is 0 Å². The third-order valence-corrected chi connectivity index (χ3v) is 7.81. The van der Waals surface area contributed by atoms with Crippen LogP contribution in [0, 0.1) is 5.92 Å². The molecule has 1 aromatic carbocycles. The minimum Gasteiger partial charge on any atom is -0.496 e. The molecule has 1 aromatic heterocycles. The number of nitrogens with zero attached hydrogens (tertiary/aromatic N) is 2. The number of carbonyl (C=O) groups excluding carboxylic acids is 1. The highest BCUT2D eigenvalue weighted by molar-refractivity contribution is 7.10. The lowest BCUT2D eigenvalue weighted by atomic mass is 9.84. The van der Waals surface area contributed by atoms with Gasteiger partial charge in [-0.2, -0.15) is 0 Å². The molecule has 0 radical (unpaired) electrons. The van der Waals surface area contributed by atoms with Gasteiger partial charge < -0.3 is 14.5 Å². The van der Waals surface area contributed by atoms with Gasteiger partial charge in [0, 0.05) is 29.9 Å². The minimum atomic E-state index is -0.222. The van der Waals surface area contributed by atoms with Crippen molar-refractivity contribution < 1.29 is 9.53 Å². The smallest absolute Gasteiger partial charge is 0.270 e. The maximum absolute atomic E-state index is 13.6. The van der Waals surface area contributed by atoms with E-state index < -0.39 is 0 Å². The van der Waals surface area contributed by atoms with E-state index in [2.05, 4.69) is 75.2 Å². The van der Waals surface area contributed by atoms with Crippen LogP contribution in [0.4, 0.5) is 0 Å². The second kappa shape index (κ2) is 8.58. The summed E-state index contributed by atoms with van der Waals surface area (Å²) in [5, 5.41) is 2.14. The van der Waals surface area contributed by atoms with E-state index in [1.165, 1.54) is 21.6 Å². The molecule has 5 heteroatoms. The van der Waals surface area contributed by atoms with Crippen molar-refractivity contribution in [1.29, 1.82) is 0 Å². The zero-order valence-corrected chi connectivity index (χ0v) is 21.3. The number of hydrogen-bond donors (Lipinski definition) is 0. The van der Waals surface area contributed by atoms with Crippen LogP contribution in [0.2, 0.25) is 0 Å². The van der Waals surface area contributed by atoms with Gasteiger partial charge in [0.1, 0.15) is 5.75 Å². The summed E-state index contributed by atoms with van der Waals surface area (Å²) >= 11 is 1.78. The molecule has 0 aliphatic carbocycles. The number of likely N-dealkylation sites (N-methyl/N-ethyl adjacent to an activating group) is 1. The molecule has 3 heterocycles. The van der Waals surface area contributed by atoms with E-state index in [1.807, 2.05) is 11.9 Å². The van der Waals surface area contributed by atoms with Crippen LogP contribution in [0.1, 0.15) is 68.1 Å². The number of rotatable bonds is 5. The Morgan fingerprint density at radius 2 is 2.06 bits per heavy atom. The van der Waals surface area contributed by atoms with Crippen molar-refractivity contribution >= 4 is 17.2 Å². The topological polar surface area (TPSA) is 32.8 Å². The van der Waals surface area contributed by atoms with Crippen molar-refractivity contribution in [2.24, 2.45) is 5.92 Å². The zero-order valence-electron chi connectivity index (χ0n) is 20.4. The molecule has 2 unspecified atom stereocenters. The van der Waals surface area contributed by atoms with Crippen molar-refractivity contribution in [3.63, 3.8) is 0 Å². The Balaban J connectivity index is 1.80. The molecule has 4 nitrogen and oxygen atoms in total. The molecule has 4 rings (SSSR count). The second-order valence-electron chi connectivity index (χ2n) is 10.5. The Bertz CT molecular complexity index is 1020. The van der Waals surface area contributed by atoms with Crippen LogP contribution in [0.15, 0.2) is 41.4 Å². The maximum atomic E-state index is 13.6. The summed E-state index contributed by atoms with van der Waals surface area (Å²) in [6.07, 6.45) is 4.13. The summed E-state index contributed by atoms with van der Waals surface area (Å²) < 4.78 is 5.77. The lowest BCUT2D eigenvalue weighted by Gasteiger charge is -2.40. The molecule has 32 heavy (non-hydrogen) atoms. The molecule has 0 fully saturated rings. The van der Waals surface area contributed by atoms with Crippen molar-refractivity contribution in [2.75, 3.05) is 20.7 Å². The summed E-state index contributed by atoms with van der Waals surface area (Å²) in [5.41, 5.74) is 4.59. The van der Waals surface area contributed by atoms with Crippen molar-refractivity contribution in [1.82, 2.24) is 9.80 Å². The van der Waals surface area contributed by atoms with Crippen molar-refractivity contribution in [3.05, 3.63) is 63.0 Å². The molecule has 2 aliphatic heterocycles. The van der Waals surface area contributed by atoms with Crippen LogP contribution >= 0.6 is 11.3 Å². The number of methoxy groups -OCH3 is 1. The molecule has 1 amide bonds. The molecule has 0 bridgehead atoms. The van der Waals surface area contributed by atoms with Gasteiger partial charge in [0.25, 0.3) is 5.91 Å². The van der Waals surface area contributed by atoms with Gasteiger partial charge in [-0.3, -0.25) is 4.79 Å². The highest BCUT2D eigenvalue weighted by Crippen LogP contribution is 2.50. The van der Waals surface area contributed by atoms with Crippen LogP contribution in [0.3, 0.4) is 0 Å². The van der Waals surface area contributed by atoms with Gasteiger partial charge in [-0.15, -0.1) is 11.3 Å². The second-order valence-corrected chi connectivity index (χ2v) is 11.5. The Morgan fingerprint density at radius 1 is 1.31 bits per heavy atom. The fraction of sp³-hybridized carbons (Fsp3) is 0.519. The van der Waals surface area contributed by atoms with Crippen LogP contribution in [-0.2, 0) is 17.6 Å². The van der Waals surface area contributed by atoms with Crippen LogP contribution in [0.25, 0.3) is 0 Å². The highest BCUT2D eigenvalue weighted by Gasteiger charge is 2.44. The molecule has 2 atom stereocenters. The first-order valence-corrected chi connectivity index (χ1v) is 12.5. The first kappa shape index (κ1) is 22.9. The SMILES string of the molecule is COc1cc2c(cc1CC(C)C)C1C(c3cccs3)C=C(C(=O)N(C)C(C)(C)C)N1CC2. The number of hydrogen-bond acceptors (Lipinski definition) is 4. The first-order valence-electron chi connectivity index (χ1n) is 11.6. The maximum Gasteiger partial charge on any atom is 0.270 e. The predicted molar refractivity (Wildman–Crippen MR) is 132 cm³/mol. The Labute approximate surface area is 196 Å². The number of benzene rings is 1. The average molecular weight is 453 g/mol. The Kier molecular flexibility index (Phi) is 6.15. The van der Waals surface area contributed by atoms with Crippen LogP contribution in [-0.4, -0.2) is 41.9 Å². The molecule has 0 spiro atoms. The fourth-order valence-corrected chi connectivity index (χ4v) is 5.74. The van der Waals surface area contributed by atoms with E-state index in [1.54, 1.807) is 18.4 Å². The third kappa shape index (κ3) is 4.07. The lowest BCUT2D eigenvalue weighted by molar-refractivity contribution is -0.131. The fourth-order valence-electron chi connectivity index (χ4n) is 4.92. The number of carbonyl (C=O) groups is 1. The van der Waals surface area contributed by atoms with Gasteiger partial charge in [-0.25, -0.2) is 0 Å². The first-order chi connectivity index (χ1) is 15.1. The Morgan fingerprint density at radius 3 is 2.66 bits per heavy atom. The Hall–Kier alpha value is -2.27. The van der Waals surface area contributed by atoms with Crippen LogP contribution in [0.5, 0.6) is 5.75 Å². The summed E-state index contributed by atoms with van der Waals surface area (Å²) in [7, 11) is 3.69. The average Bonchev–Trinajstić information content (AvgIpc) is 3.38. The predicted octanol–water partition coefficient (Wildman–Crippen LogP) is 5.79. The van der Waals surface area contributed by atoms with E-state index in [4.69, 9.17) is 4.74 Å². The summed E-state index contributed by atoms with van der Waals surface area (Å²) in [4.78, 5) is 19.1. The van der Waals surface area contributed by atoms with Gasteiger partial charge in [0.2, 0.25) is 0 Å². The minimum absolute atomic E-state index is 0.112. The van der Waals surface area contributed by atoms with Crippen LogP contribution < -0.4 is 4.74 Å². The standard InChI is InChI=1S/C27H36N2O2S/c1-17(2)13-19-14-20-18(15-23(19)31-7)10-11-29-22(26(30)28(6)27(3,4)5)16-21(25(20)29)24-9-8-12-32-24/h8-9,12,14-17,21,25H,10-11,13H2,1-7H3. The number of fused-ring (bicyclic) bond motifs is 3. The molecule has 172 valence electrons. The molecule has 2 aromatic rings. The van der Waals surface area contributed by atoms with E-state index in [9.17, 15) is 4.79 Å². The highest BCUT2D eigenvalue weighted by atomic mass is 32.1. The van der Waals surface area contributed by atoms with E-state index >= 15 is 0 Å². The van der Waals surface area contributed by atoms with Crippen molar-refractivity contribution in [3.8, 4) is 5.75 Å². The third-order valence-electron chi connectivity index (χ3n) is 6.84. The van der Waals surface area contributed by atoms with Crippen molar-refractivity contribution in [2.45, 2.75) is 65.0 Å². The summed E-state index contributed by atoms with van der Waals surface area (Å²) in [6.45, 7) is 11.6. The molecular weight excluding hydrogens is 416 g/mol. The molecular formula is C27H36N2O2S. The molecule has 2 aliphatic rings. The largest absolute Gasteiger partial charge is 0.496 e. The monoisotopic (exact) mass is 452 g/mol. The van der Waals surface area contributed by atoms with Gasteiger partial charge in [0.05, 0.1) is 18.8 Å².